The van der Waals surface area contributed by atoms with Gasteiger partial charge in [-0.1, -0.05) is 69.0 Å². The van der Waals surface area contributed by atoms with Gasteiger partial charge in [-0.15, -0.1) is 0 Å². The van der Waals surface area contributed by atoms with Crippen LogP contribution in [-0.2, 0) is 11.2 Å². The van der Waals surface area contributed by atoms with Gasteiger partial charge in [0.15, 0.2) is 0 Å². The number of likely N-dealkylation sites (tertiary alicyclic amines) is 1. The zero-order chi connectivity index (χ0) is 25.3. The molecular weight excluding hydrogens is 447 g/mol. The van der Waals surface area contributed by atoms with E-state index in [4.69, 9.17) is 16.9 Å². The highest BCUT2D eigenvalue weighted by molar-refractivity contribution is 6.31. The summed E-state index contributed by atoms with van der Waals surface area (Å²) in [5.74, 6) is 1.26. The van der Waals surface area contributed by atoms with Crippen molar-refractivity contribution in [3.63, 3.8) is 0 Å². The molecule has 0 bridgehead atoms. The van der Waals surface area contributed by atoms with E-state index in [1.54, 1.807) is 24.3 Å². The van der Waals surface area contributed by atoms with E-state index in [2.05, 4.69) is 18.9 Å². The zero-order valence-electron chi connectivity index (χ0n) is 21.2. The molecule has 0 aromatic heterocycles. The molecule has 1 aliphatic carbocycles. The van der Waals surface area contributed by atoms with Crippen LogP contribution in [0.4, 0.5) is 4.39 Å². The lowest BCUT2D eigenvalue weighted by atomic mass is 9.91. The summed E-state index contributed by atoms with van der Waals surface area (Å²) in [5.41, 5.74) is 2.40. The van der Waals surface area contributed by atoms with E-state index < -0.39 is 0 Å². The van der Waals surface area contributed by atoms with Gasteiger partial charge in [0.2, 0.25) is 0 Å². The minimum atomic E-state index is -0.0972. The molecule has 3 nitrogen and oxygen atoms in total. The van der Waals surface area contributed by atoms with Crippen molar-refractivity contribution in [3.05, 3.63) is 70.0 Å². The normalized spacial score (nSPS) is 17.6. The van der Waals surface area contributed by atoms with Crippen molar-refractivity contribution < 1.29 is 9.18 Å². The first kappa shape index (κ1) is 29.8. The number of rotatable bonds is 2. The fourth-order valence-electron chi connectivity index (χ4n) is 3.92. The van der Waals surface area contributed by atoms with Crippen LogP contribution in [0.3, 0.4) is 0 Å². The lowest BCUT2D eigenvalue weighted by molar-refractivity contribution is -0.111. The van der Waals surface area contributed by atoms with Crippen molar-refractivity contribution >= 4 is 17.9 Å². The molecule has 186 valence electrons. The molecule has 2 aromatic carbocycles. The average Bonchev–Trinajstić information content (AvgIpc) is 3.23. The van der Waals surface area contributed by atoms with Gasteiger partial charge in [0.25, 0.3) is 0 Å². The van der Waals surface area contributed by atoms with Gasteiger partial charge in [-0.05, 0) is 81.4 Å². The van der Waals surface area contributed by atoms with E-state index in [0.29, 0.717) is 16.5 Å². The maximum atomic E-state index is 12.6. The van der Waals surface area contributed by atoms with Crippen molar-refractivity contribution in [2.45, 2.75) is 65.7 Å². The molecule has 1 unspecified atom stereocenters. The molecule has 1 atom stereocenters. The summed E-state index contributed by atoms with van der Waals surface area (Å²) < 4.78 is 12.6. The minimum absolute atomic E-state index is 0.0972. The molecule has 0 N–H and O–H groups in total. The molecule has 1 saturated heterocycles. The Hall–Kier alpha value is -2.22. The number of carbonyl (C=O) groups is 1. The van der Waals surface area contributed by atoms with Crippen LogP contribution in [0.15, 0.2) is 42.5 Å². The molecule has 0 radical (unpaired) electrons. The Morgan fingerprint density at radius 3 is 2.21 bits per heavy atom. The molecule has 1 saturated carbocycles. The number of aldehydes is 1. The summed E-state index contributed by atoms with van der Waals surface area (Å²) in [7, 11) is 2.18. The Balaban J connectivity index is 0.000000228. The summed E-state index contributed by atoms with van der Waals surface area (Å²) in [6, 6.07) is 14.2. The average molecular weight is 487 g/mol. The number of nitriles is 1. The number of hydrogen-bond donors (Lipinski definition) is 0. The number of hydrogen-bond acceptors (Lipinski definition) is 3. The van der Waals surface area contributed by atoms with E-state index in [1.807, 2.05) is 32.0 Å². The standard InChI is InChI=1S/C8H6ClN.C8H9F.C7H12O.C6H13N/c1-6-2-3-7(5-10)8(9)4-6;1-2-7-5-3-4-6-8(7)9;8-6-7-4-2-1-3-5-7;1-6-3-4-7(2)5-6/h2-4H,1H3;3-6H,2H2,1H3;6-7H,1-5H2;6H,3-5H2,1-2H3. The van der Waals surface area contributed by atoms with Crippen molar-refractivity contribution in [1.82, 2.24) is 4.90 Å². The number of halogens is 2. The van der Waals surface area contributed by atoms with E-state index in [9.17, 15) is 9.18 Å². The molecule has 0 amide bonds. The summed E-state index contributed by atoms with van der Waals surface area (Å²) in [6.07, 6.45) is 9.44. The topological polar surface area (TPSA) is 44.1 Å². The minimum Gasteiger partial charge on any atom is -0.306 e. The largest absolute Gasteiger partial charge is 0.306 e. The second-order valence-corrected chi connectivity index (χ2v) is 9.64. The van der Waals surface area contributed by atoms with Gasteiger partial charge in [-0.2, -0.15) is 5.26 Å². The third-order valence-corrected chi connectivity index (χ3v) is 6.37. The molecule has 5 heteroatoms. The fourth-order valence-corrected chi connectivity index (χ4v) is 4.20. The van der Waals surface area contributed by atoms with Crippen LogP contribution in [-0.4, -0.2) is 31.3 Å². The van der Waals surface area contributed by atoms with Gasteiger partial charge in [-0.25, -0.2) is 4.39 Å². The highest BCUT2D eigenvalue weighted by atomic mass is 35.5. The summed E-state index contributed by atoms with van der Waals surface area (Å²) in [6.45, 7) is 8.80. The second-order valence-electron chi connectivity index (χ2n) is 9.23. The highest BCUT2D eigenvalue weighted by Gasteiger charge is 2.13. The van der Waals surface area contributed by atoms with Gasteiger partial charge >= 0.3 is 0 Å². The molecule has 2 fully saturated rings. The first-order valence-corrected chi connectivity index (χ1v) is 12.7. The smallest absolute Gasteiger partial charge is 0.126 e. The molecule has 2 aliphatic rings. The first-order chi connectivity index (χ1) is 16.3. The molecule has 2 aromatic rings. The molecule has 0 spiro atoms. The summed E-state index contributed by atoms with van der Waals surface area (Å²) >= 11 is 5.71. The van der Waals surface area contributed by atoms with Gasteiger partial charge < -0.3 is 9.69 Å². The van der Waals surface area contributed by atoms with Crippen LogP contribution in [0.1, 0.15) is 69.1 Å². The van der Waals surface area contributed by atoms with Gasteiger partial charge in [-0.3, -0.25) is 0 Å². The first-order valence-electron chi connectivity index (χ1n) is 12.3. The summed E-state index contributed by atoms with van der Waals surface area (Å²) in [4.78, 5) is 12.5. The molecule has 1 aliphatic heterocycles. The van der Waals surface area contributed by atoms with Crippen LogP contribution in [0.5, 0.6) is 0 Å². The third-order valence-electron chi connectivity index (χ3n) is 6.05. The number of carbonyl (C=O) groups excluding carboxylic acids is 1. The molecule has 34 heavy (non-hydrogen) atoms. The monoisotopic (exact) mass is 486 g/mol. The number of nitrogens with zero attached hydrogens (tertiary/aromatic N) is 2. The SMILES string of the molecule is CC1CCN(C)C1.CCc1ccccc1F.Cc1ccc(C#N)c(Cl)c1.O=CC1CCCCC1. The predicted molar refractivity (Wildman–Crippen MR) is 141 cm³/mol. The Morgan fingerprint density at radius 1 is 1.15 bits per heavy atom. The van der Waals surface area contributed by atoms with Crippen molar-refractivity contribution in [3.8, 4) is 6.07 Å². The Morgan fingerprint density at radius 2 is 1.82 bits per heavy atom. The van der Waals surface area contributed by atoms with Gasteiger partial charge in [0.1, 0.15) is 18.2 Å². The highest BCUT2D eigenvalue weighted by Crippen LogP contribution is 2.21. The molecular formula is C29H40ClFN2O. The van der Waals surface area contributed by atoms with Crippen LogP contribution in [0, 0.1) is 35.9 Å². The zero-order valence-corrected chi connectivity index (χ0v) is 22.0. The van der Waals surface area contributed by atoms with Crippen molar-refractivity contribution in [1.29, 1.82) is 5.26 Å². The summed E-state index contributed by atoms with van der Waals surface area (Å²) in [5, 5.41) is 9.00. The van der Waals surface area contributed by atoms with E-state index in [-0.39, 0.29) is 5.82 Å². The van der Waals surface area contributed by atoms with Crippen LogP contribution in [0.2, 0.25) is 5.02 Å². The molecule has 4 rings (SSSR count). The Bertz CT molecular complexity index is 882. The number of benzene rings is 2. The van der Waals surface area contributed by atoms with Gasteiger partial charge in [0.05, 0.1) is 10.6 Å². The van der Waals surface area contributed by atoms with Crippen LogP contribution < -0.4 is 0 Å². The lowest BCUT2D eigenvalue weighted by Crippen LogP contribution is -2.12. The lowest BCUT2D eigenvalue weighted by Gasteiger charge is -2.14. The quantitative estimate of drug-likeness (QED) is 0.410. The van der Waals surface area contributed by atoms with E-state index >= 15 is 0 Å². The maximum Gasteiger partial charge on any atom is 0.126 e. The van der Waals surface area contributed by atoms with Crippen LogP contribution in [0.25, 0.3) is 0 Å². The van der Waals surface area contributed by atoms with Crippen LogP contribution >= 0.6 is 11.6 Å². The Labute approximate surface area is 210 Å². The third kappa shape index (κ3) is 12.3. The molecule has 1 heterocycles. The number of aryl methyl sites for hydroxylation is 2. The van der Waals surface area contributed by atoms with Crippen molar-refractivity contribution in [2.24, 2.45) is 11.8 Å². The Kier molecular flexibility index (Phi) is 15.1. The second kappa shape index (κ2) is 17.2. The van der Waals surface area contributed by atoms with E-state index in [1.165, 1.54) is 44.8 Å². The maximum absolute atomic E-state index is 12.6. The fraction of sp³-hybridized carbons (Fsp3) is 0.517. The predicted octanol–water partition coefficient (Wildman–Crippen LogP) is 7.63. The van der Waals surface area contributed by atoms with Crippen molar-refractivity contribution in [2.75, 3.05) is 20.1 Å². The van der Waals surface area contributed by atoms with Gasteiger partial charge in [0, 0.05) is 12.5 Å². The van der Waals surface area contributed by atoms with E-state index in [0.717, 1.165) is 42.6 Å².